The molecule has 1 rings (SSSR count). The molecule has 0 bridgehead atoms. The van der Waals surface area contributed by atoms with Crippen LogP contribution in [-0.2, 0) is 4.43 Å². The maximum Gasteiger partial charge on any atom is 0.192 e. The van der Waals surface area contributed by atoms with E-state index in [1.807, 2.05) is 0 Å². The molecular formula is C12H28N2OSi. The van der Waals surface area contributed by atoms with Crippen molar-refractivity contribution in [3.8, 4) is 0 Å². The highest BCUT2D eigenvalue weighted by molar-refractivity contribution is 6.74. The number of hydrogen-bond acceptors (Lipinski definition) is 3. The lowest BCUT2D eigenvalue weighted by molar-refractivity contribution is 0.171. The van der Waals surface area contributed by atoms with Gasteiger partial charge in [-0.25, -0.2) is 0 Å². The van der Waals surface area contributed by atoms with Gasteiger partial charge in [-0.1, -0.05) is 20.8 Å². The summed E-state index contributed by atoms with van der Waals surface area (Å²) in [6.45, 7) is 15.7. The predicted molar refractivity (Wildman–Crippen MR) is 72.4 cm³/mol. The van der Waals surface area contributed by atoms with Crippen molar-refractivity contribution < 1.29 is 4.43 Å². The fraction of sp³-hybridized carbons (Fsp3) is 1.00. The summed E-state index contributed by atoms with van der Waals surface area (Å²) in [6.07, 6.45) is 0. The van der Waals surface area contributed by atoms with Gasteiger partial charge in [0.05, 0.1) is 6.61 Å². The number of likely N-dealkylation sites (N-methyl/N-ethyl adjacent to an activating group) is 1. The minimum atomic E-state index is -1.57. The first kappa shape index (κ1) is 14.2. The highest BCUT2D eigenvalue weighted by Gasteiger charge is 2.37. The van der Waals surface area contributed by atoms with E-state index < -0.39 is 8.32 Å². The highest BCUT2D eigenvalue weighted by Crippen LogP contribution is 2.36. The van der Waals surface area contributed by atoms with Crippen LogP contribution < -0.4 is 5.32 Å². The van der Waals surface area contributed by atoms with Gasteiger partial charge in [-0.3, -0.25) is 0 Å². The van der Waals surface area contributed by atoms with Crippen LogP contribution in [0, 0.1) is 0 Å². The third-order valence-electron chi connectivity index (χ3n) is 3.91. The second-order valence-corrected chi connectivity index (χ2v) is 11.3. The first-order valence-corrected chi connectivity index (χ1v) is 9.19. The molecule has 1 heterocycles. The summed E-state index contributed by atoms with van der Waals surface area (Å²) in [7, 11) is 0.611. The van der Waals surface area contributed by atoms with Crippen LogP contribution >= 0.6 is 0 Å². The molecule has 96 valence electrons. The zero-order valence-corrected chi connectivity index (χ0v) is 12.8. The molecule has 1 aliphatic rings. The van der Waals surface area contributed by atoms with Crippen LogP contribution in [0.3, 0.4) is 0 Å². The third-order valence-corrected chi connectivity index (χ3v) is 8.41. The van der Waals surface area contributed by atoms with E-state index in [2.05, 4.69) is 51.1 Å². The first-order chi connectivity index (χ1) is 7.22. The van der Waals surface area contributed by atoms with Crippen LogP contribution in [0.4, 0.5) is 0 Å². The van der Waals surface area contributed by atoms with E-state index in [0.29, 0.717) is 11.1 Å². The Kier molecular flexibility index (Phi) is 4.57. The van der Waals surface area contributed by atoms with Gasteiger partial charge in [-0.2, -0.15) is 0 Å². The number of nitrogens with zero attached hydrogens (tertiary/aromatic N) is 1. The van der Waals surface area contributed by atoms with Crippen LogP contribution in [0.5, 0.6) is 0 Å². The quantitative estimate of drug-likeness (QED) is 0.768. The molecule has 1 fully saturated rings. The van der Waals surface area contributed by atoms with E-state index >= 15 is 0 Å². The van der Waals surface area contributed by atoms with Gasteiger partial charge in [0.25, 0.3) is 0 Å². The van der Waals surface area contributed by atoms with E-state index in [0.717, 1.165) is 26.2 Å². The van der Waals surface area contributed by atoms with Crippen molar-refractivity contribution in [2.24, 2.45) is 0 Å². The summed E-state index contributed by atoms with van der Waals surface area (Å²) in [4.78, 5) is 2.37. The fourth-order valence-electron chi connectivity index (χ4n) is 1.63. The van der Waals surface area contributed by atoms with Gasteiger partial charge >= 0.3 is 0 Å². The summed E-state index contributed by atoms with van der Waals surface area (Å²) in [5.74, 6) is 0. The van der Waals surface area contributed by atoms with Gasteiger partial charge in [0.1, 0.15) is 0 Å². The maximum atomic E-state index is 6.23. The lowest BCUT2D eigenvalue weighted by Gasteiger charge is -2.39. The van der Waals surface area contributed by atoms with Crippen molar-refractivity contribution in [1.82, 2.24) is 10.2 Å². The largest absolute Gasteiger partial charge is 0.415 e. The third kappa shape index (κ3) is 3.84. The molecule has 0 aromatic carbocycles. The standard InChI is InChI=1S/C12H28N2OSi/c1-12(2,3)16(5,6)15-10-11-9-14(4)8-7-13-11/h11,13H,7-10H2,1-6H3. The summed E-state index contributed by atoms with van der Waals surface area (Å²) < 4.78 is 6.23. The van der Waals surface area contributed by atoms with Gasteiger partial charge in [-0.05, 0) is 25.2 Å². The maximum absolute atomic E-state index is 6.23. The molecular weight excluding hydrogens is 216 g/mol. The highest BCUT2D eigenvalue weighted by atomic mass is 28.4. The monoisotopic (exact) mass is 244 g/mol. The van der Waals surface area contributed by atoms with Crippen molar-refractivity contribution in [2.75, 3.05) is 33.3 Å². The molecule has 1 atom stereocenters. The normalized spacial score (nSPS) is 24.8. The van der Waals surface area contributed by atoms with Crippen LogP contribution in [0.1, 0.15) is 20.8 Å². The van der Waals surface area contributed by atoms with Crippen molar-refractivity contribution >= 4 is 8.32 Å². The van der Waals surface area contributed by atoms with Gasteiger partial charge < -0.3 is 14.6 Å². The van der Waals surface area contributed by atoms with Crippen molar-refractivity contribution in [3.63, 3.8) is 0 Å². The zero-order valence-electron chi connectivity index (χ0n) is 11.8. The SMILES string of the molecule is CN1CCNC(CO[Si](C)(C)C(C)(C)C)C1. The van der Waals surface area contributed by atoms with E-state index in [1.54, 1.807) is 0 Å². The summed E-state index contributed by atoms with van der Waals surface area (Å²) in [5.41, 5.74) is 0. The molecule has 3 nitrogen and oxygen atoms in total. The molecule has 0 radical (unpaired) electrons. The molecule has 1 aliphatic heterocycles. The molecule has 0 aromatic rings. The smallest absolute Gasteiger partial charge is 0.192 e. The molecule has 1 saturated heterocycles. The van der Waals surface area contributed by atoms with E-state index in [-0.39, 0.29) is 0 Å². The van der Waals surface area contributed by atoms with Gasteiger partial charge in [0, 0.05) is 25.7 Å². The molecule has 0 aromatic heterocycles. The van der Waals surface area contributed by atoms with Gasteiger partial charge in [0.2, 0.25) is 0 Å². The van der Waals surface area contributed by atoms with E-state index in [1.165, 1.54) is 0 Å². The summed E-state index contributed by atoms with van der Waals surface area (Å²) in [5, 5.41) is 3.84. The Bertz CT molecular complexity index is 226. The predicted octanol–water partition coefficient (Wildman–Crippen LogP) is 1.91. The first-order valence-electron chi connectivity index (χ1n) is 6.28. The lowest BCUT2D eigenvalue weighted by Crippen LogP contribution is -2.53. The van der Waals surface area contributed by atoms with E-state index in [4.69, 9.17) is 4.43 Å². The average Bonchev–Trinajstić information content (AvgIpc) is 2.13. The Morgan fingerprint density at radius 1 is 1.38 bits per heavy atom. The molecule has 1 unspecified atom stereocenters. The van der Waals surface area contributed by atoms with Crippen LogP contribution in [0.25, 0.3) is 0 Å². The van der Waals surface area contributed by atoms with Crippen LogP contribution in [-0.4, -0.2) is 52.5 Å². The topological polar surface area (TPSA) is 24.5 Å². The van der Waals surface area contributed by atoms with Gasteiger partial charge in [0.15, 0.2) is 8.32 Å². The number of hydrogen-bond donors (Lipinski definition) is 1. The summed E-state index contributed by atoms with van der Waals surface area (Å²) >= 11 is 0. The minimum Gasteiger partial charge on any atom is -0.415 e. The van der Waals surface area contributed by atoms with Gasteiger partial charge in [-0.15, -0.1) is 0 Å². The Morgan fingerprint density at radius 2 is 2.00 bits per heavy atom. The molecule has 0 amide bonds. The molecule has 1 N–H and O–H groups in total. The summed E-state index contributed by atoms with van der Waals surface area (Å²) in [6, 6.07) is 0.507. The van der Waals surface area contributed by atoms with E-state index in [9.17, 15) is 0 Å². The molecule has 0 spiro atoms. The number of piperazine rings is 1. The minimum absolute atomic E-state index is 0.313. The second-order valence-electron chi connectivity index (χ2n) is 6.48. The zero-order chi connectivity index (χ0) is 12.4. The Labute approximate surface area is 102 Å². The molecule has 0 saturated carbocycles. The Morgan fingerprint density at radius 3 is 2.50 bits per heavy atom. The Hall–Kier alpha value is 0.0969. The molecule has 0 aliphatic carbocycles. The molecule has 16 heavy (non-hydrogen) atoms. The Balaban J connectivity index is 2.39. The number of nitrogens with one attached hydrogen (secondary N) is 1. The average molecular weight is 244 g/mol. The fourth-order valence-corrected chi connectivity index (χ4v) is 2.68. The van der Waals surface area contributed by atoms with Crippen molar-refractivity contribution in [1.29, 1.82) is 0 Å². The van der Waals surface area contributed by atoms with Crippen molar-refractivity contribution in [3.05, 3.63) is 0 Å². The number of rotatable bonds is 3. The molecule has 4 heteroatoms. The van der Waals surface area contributed by atoms with Crippen LogP contribution in [0.2, 0.25) is 18.1 Å². The van der Waals surface area contributed by atoms with Crippen LogP contribution in [0.15, 0.2) is 0 Å². The second kappa shape index (κ2) is 5.17. The lowest BCUT2D eigenvalue weighted by atomic mass is 10.2. The van der Waals surface area contributed by atoms with Crippen molar-refractivity contribution in [2.45, 2.75) is 44.9 Å².